The molecule has 1 rings (SSSR count). The topological polar surface area (TPSA) is 26.0 Å². The molecule has 2 N–H and O–H groups in total. The van der Waals surface area contributed by atoms with Crippen LogP contribution in [0, 0.1) is 6.07 Å². The summed E-state index contributed by atoms with van der Waals surface area (Å²) in [6.07, 6.45) is 0. The van der Waals surface area contributed by atoms with Crippen LogP contribution in [0.2, 0.25) is 0 Å². The molecule has 0 saturated heterocycles. The maximum atomic E-state index is 5.32. The second-order valence-electron chi connectivity index (χ2n) is 1.59. The molecule has 3 heteroatoms. The minimum absolute atomic E-state index is 0. The van der Waals surface area contributed by atoms with Crippen LogP contribution in [0.1, 0.15) is 5.56 Å². The van der Waals surface area contributed by atoms with Crippen LogP contribution in [0.5, 0.6) is 0 Å². The molecule has 0 atom stereocenters. The minimum atomic E-state index is 0. The first-order chi connectivity index (χ1) is 3.93. The van der Waals surface area contributed by atoms with Crippen LogP contribution in [0.25, 0.3) is 0 Å². The average Bonchev–Trinajstić information content (AvgIpc) is 1.90. The molecule has 0 bridgehead atoms. The number of hydrogen-bond acceptors (Lipinski definition) is 1. The van der Waals surface area contributed by atoms with Gasteiger partial charge in [0.1, 0.15) is 0 Å². The zero-order chi connectivity index (χ0) is 5.82. The molecule has 1 aromatic carbocycles. The van der Waals surface area contributed by atoms with Gasteiger partial charge in [-0.2, -0.15) is 30.3 Å². The first-order valence-corrected chi connectivity index (χ1v) is 2.59. The van der Waals surface area contributed by atoms with E-state index in [0.717, 1.165) is 5.56 Å². The summed E-state index contributed by atoms with van der Waals surface area (Å²) in [5.41, 5.74) is 6.38. The van der Waals surface area contributed by atoms with Gasteiger partial charge in [0.05, 0.1) is 0 Å². The smallest absolute Gasteiger partial charge is 1.00 e. The van der Waals surface area contributed by atoms with Gasteiger partial charge in [0, 0.05) is 0 Å². The molecular formula is C7H8ClNZn. The molecule has 0 radical (unpaired) electrons. The largest absolute Gasteiger partial charge is 2.00 e. The van der Waals surface area contributed by atoms with Crippen LogP contribution in [-0.4, -0.2) is 0 Å². The summed E-state index contributed by atoms with van der Waals surface area (Å²) in [6, 6.07) is 10.7. The van der Waals surface area contributed by atoms with E-state index in [1.165, 1.54) is 0 Å². The molecule has 1 nitrogen and oxygen atoms in total. The van der Waals surface area contributed by atoms with Gasteiger partial charge in [0.15, 0.2) is 0 Å². The van der Waals surface area contributed by atoms with Crippen molar-refractivity contribution in [2.75, 3.05) is 0 Å². The first kappa shape index (κ1) is 12.7. The molecule has 0 aliphatic carbocycles. The number of nitrogens with two attached hydrogens (primary N) is 1. The monoisotopic (exact) mass is 205 g/mol. The molecule has 0 aliphatic rings. The maximum absolute atomic E-state index is 5.32. The molecule has 0 spiro atoms. The molecule has 0 saturated carbocycles. The van der Waals surface area contributed by atoms with Crippen molar-refractivity contribution in [1.29, 1.82) is 0 Å². The van der Waals surface area contributed by atoms with Crippen LogP contribution < -0.4 is 18.1 Å². The Morgan fingerprint density at radius 3 is 2.40 bits per heavy atom. The van der Waals surface area contributed by atoms with Crippen molar-refractivity contribution in [3.8, 4) is 0 Å². The summed E-state index contributed by atoms with van der Waals surface area (Å²) in [7, 11) is 0. The maximum Gasteiger partial charge on any atom is 2.00 e. The predicted octanol–water partition coefficient (Wildman–Crippen LogP) is -2.05. The first-order valence-electron chi connectivity index (χ1n) is 2.59. The van der Waals surface area contributed by atoms with Gasteiger partial charge in [-0.05, 0) is 6.54 Å². The molecule has 0 fully saturated rings. The third kappa shape index (κ3) is 4.00. The van der Waals surface area contributed by atoms with E-state index in [0.29, 0.717) is 6.54 Å². The summed E-state index contributed by atoms with van der Waals surface area (Å²) in [5, 5.41) is 0. The van der Waals surface area contributed by atoms with Gasteiger partial charge >= 0.3 is 19.5 Å². The molecule has 50 valence electrons. The van der Waals surface area contributed by atoms with Crippen molar-refractivity contribution in [2.45, 2.75) is 6.54 Å². The third-order valence-corrected chi connectivity index (χ3v) is 0.993. The Balaban J connectivity index is 0. The van der Waals surface area contributed by atoms with E-state index in [2.05, 4.69) is 6.07 Å². The number of rotatable bonds is 1. The SMILES string of the molecule is NCc1[c-]cccc1.[Cl-].[Zn+2]. The Labute approximate surface area is 80.2 Å². The van der Waals surface area contributed by atoms with Crippen molar-refractivity contribution in [2.24, 2.45) is 5.73 Å². The number of halogens is 1. The van der Waals surface area contributed by atoms with Crippen LogP contribution >= 0.6 is 0 Å². The van der Waals surface area contributed by atoms with E-state index in [9.17, 15) is 0 Å². The van der Waals surface area contributed by atoms with Gasteiger partial charge in [-0.15, -0.1) is 5.56 Å². The van der Waals surface area contributed by atoms with Crippen molar-refractivity contribution < 1.29 is 31.9 Å². The fourth-order valence-electron chi connectivity index (χ4n) is 0.557. The van der Waals surface area contributed by atoms with Crippen LogP contribution in [0.4, 0.5) is 0 Å². The second-order valence-corrected chi connectivity index (χ2v) is 1.59. The Morgan fingerprint density at radius 2 is 2.10 bits per heavy atom. The molecule has 0 unspecified atom stereocenters. The molecule has 10 heavy (non-hydrogen) atoms. The average molecular weight is 207 g/mol. The Hall–Kier alpha value is 0.0934. The van der Waals surface area contributed by atoms with Crippen molar-refractivity contribution in [3.63, 3.8) is 0 Å². The summed E-state index contributed by atoms with van der Waals surface area (Å²) >= 11 is 0. The fraction of sp³-hybridized carbons (Fsp3) is 0.143. The number of hydrogen-bond donors (Lipinski definition) is 1. The fourth-order valence-corrected chi connectivity index (χ4v) is 0.557. The van der Waals surface area contributed by atoms with Gasteiger partial charge in [-0.25, -0.2) is 0 Å². The molecular weight excluding hydrogens is 199 g/mol. The summed E-state index contributed by atoms with van der Waals surface area (Å²) in [6.45, 7) is 0.584. The van der Waals surface area contributed by atoms with Crippen molar-refractivity contribution in [1.82, 2.24) is 0 Å². The standard InChI is InChI=1S/C7H8N.ClH.Zn/c8-6-7-4-2-1-3-5-7;;/h1-4H,6,8H2;1H;/q-1;;+2/p-1. The van der Waals surface area contributed by atoms with E-state index >= 15 is 0 Å². The van der Waals surface area contributed by atoms with Crippen LogP contribution in [0.15, 0.2) is 24.3 Å². The van der Waals surface area contributed by atoms with E-state index in [1.54, 1.807) is 0 Å². The van der Waals surface area contributed by atoms with Crippen LogP contribution in [-0.2, 0) is 26.0 Å². The minimum Gasteiger partial charge on any atom is -1.00 e. The Morgan fingerprint density at radius 1 is 1.40 bits per heavy atom. The summed E-state index contributed by atoms with van der Waals surface area (Å²) in [5.74, 6) is 0. The van der Waals surface area contributed by atoms with Crippen molar-refractivity contribution in [3.05, 3.63) is 35.9 Å². The summed E-state index contributed by atoms with van der Waals surface area (Å²) in [4.78, 5) is 0. The summed E-state index contributed by atoms with van der Waals surface area (Å²) < 4.78 is 0. The molecule has 0 heterocycles. The van der Waals surface area contributed by atoms with Gasteiger partial charge in [-0.1, -0.05) is 0 Å². The quantitative estimate of drug-likeness (QED) is 0.416. The normalized spacial score (nSPS) is 7.30. The van der Waals surface area contributed by atoms with E-state index in [1.807, 2.05) is 24.3 Å². The zero-order valence-electron chi connectivity index (χ0n) is 5.68. The number of benzene rings is 1. The molecule has 0 aliphatic heterocycles. The predicted molar refractivity (Wildman–Crippen MR) is 33.2 cm³/mol. The zero-order valence-corrected chi connectivity index (χ0v) is 9.40. The molecule has 0 aromatic heterocycles. The molecule has 0 amide bonds. The third-order valence-electron chi connectivity index (χ3n) is 0.993. The second kappa shape index (κ2) is 7.20. The van der Waals surface area contributed by atoms with Crippen LogP contribution in [0.3, 0.4) is 0 Å². The van der Waals surface area contributed by atoms with E-state index in [4.69, 9.17) is 5.73 Å². The van der Waals surface area contributed by atoms with E-state index in [-0.39, 0.29) is 31.9 Å². The van der Waals surface area contributed by atoms with Gasteiger partial charge in [0.25, 0.3) is 0 Å². The van der Waals surface area contributed by atoms with Gasteiger partial charge in [-0.3, -0.25) is 0 Å². The van der Waals surface area contributed by atoms with E-state index < -0.39 is 0 Å². The van der Waals surface area contributed by atoms with Crippen molar-refractivity contribution >= 4 is 0 Å². The molecule has 1 aromatic rings. The van der Waals surface area contributed by atoms with Gasteiger partial charge in [0.2, 0.25) is 0 Å². The van der Waals surface area contributed by atoms with Gasteiger partial charge < -0.3 is 18.1 Å². The Bertz CT molecular complexity index is 155. The Kier molecular flexibility index (Phi) is 9.18.